The summed E-state index contributed by atoms with van der Waals surface area (Å²) in [5, 5.41) is 3.44. The van der Waals surface area contributed by atoms with Gasteiger partial charge in [-0.2, -0.15) is 0 Å². The Hall–Kier alpha value is -1.84. The van der Waals surface area contributed by atoms with E-state index in [0.717, 1.165) is 24.1 Å². The van der Waals surface area contributed by atoms with Crippen molar-refractivity contribution < 1.29 is 14.3 Å². The number of carbonyl (C=O) groups is 2. The van der Waals surface area contributed by atoms with Crippen LogP contribution in [0.3, 0.4) is 0 Å². The maximum absolute atomic E-state index is 12.0. The van der Waals surface area contributed by atoms with Crippen molar-refractivity contribution in [1.82, 2.24) is 0 Å². The number of ether oxygens (including phenoxy) is 1. The molecule has 132 valence electrons. The molecule has 1 fully saturated rings. The summed E-state index contributed by atoms with van der Waals surface area (Å²) in [6, 6.07) is 7.35. The van der Waals surface area contributed by atoms with Gasteiger partial charge in [0.2, 0.25) is 0 Å². The van der Waals surface area contributed by atoms with Crippen LogP contribution in [0.4, 0.5) is 5.69 Å². The van der Waals surface area contributed by atoms with Crippen LogP contribution in [0, 0.1) is 11.8 Å². The second-order valence-electron chi connectivity index (χ2n) is 6.72. The molecule has 1 aromatic rings. The van der Waals surface area contributed by atoms with Crippen molar-refractivity contribution in [3.05, 3.63) is 29.8 Å². The van der Waals surface area contributed by atoms with Gasteiger partial charge in [0, 0.05) is 17.8 Å². The molecule has 2 unspecified atom stereocenters. The molecule has 0 bridgehead atoms. The Kier molecular flexibility index (Phi) is 7.29. The van der Waals surface area contributed by atoms with Gasteiger partial charge in [-0.05, 0) is 49.4 Å². The highest BCUT2D eigenvalue weighted by atomic mass is 16.5. The van der Waals surface area contributed by atoms with E-state index < -0.39 is 5.97 Å². The van der Waals surface area contributed by atoms with E-state index in [1.54, 1.807) is 19.1 Å². The van der Waals surface area contributed by atoms with E-state index in [2.05, 4.69) is 12.2 Å². The van der Waals surface area contributed by atoms with Gasteiger partial charge in [-0.25, -0.2) is 0 Å². The minimum atomic E-state index is -0.466. The molecule has 0 heterocycles. The van der Waals surface area contributed by atoms with Crippen LogP contribution in [0.15, 0.2) is 24.3 Å². The number of nitrogens with one attached hydrogen (secondary N) is 1. The largest absolute Gasteiger partial charge is 0.466 e. The van der Waals surface area contributed by atoms with Gasteiger partial charge in [-0.15, -0.1) is 0 Å². The molecule has 1 aliphatic carbocycles. The number of Topliss-reactive ketones (excluding diaryl/α,β-unsaturated/α-hetero) is 1. The molecule has 1 aromatic carbocycles. The lowest BCUT2D eigenvalue weighted by Gasteiger charge is -2.28. The molecule has 2 rings (SSSR count). The lowest BCUT2D eigenvalue weighted by atomic mass is 9.79. The molecule has 24 heavy (non-hydrogen) atoms. The third kappa shape index (κ3) is 5.66. The predicted octanol–water partition coefficient (Wildman–Crippen LogP) is 4.45. The molecule has 1 saturated carbocycles. The highest BCUT2D eigenvalue weighted by Gasteiger charge is 2.20. The average molecular weight is 331 g/mol. The van der Waals surface area contributed by atoms with Crippen molar-refractivity contribution >= 4 is 17.4 Å². The van der Waals surface area contributed by atoms with Gasteiger partial charge in [-0.3, -0.25) is 9.59 Å². The third-order valence-electron chi connectivity index (χ3n) is 4.95. The minimum Gasteiger partial charge on any atom is -0.466 e. The Bertz CT molecular complexity index is 538. The first kappa shape index (κ1) is 18.5. The molecule has 4 nitrogen and oxygen atoms in total. The molecular formula is C20H29NO3. The fourth-order valence-corrected chi connectivity index (χ4v) is 3.44. The molecule has 0 amide bonds. The Labute approximate surface area is 145 Å². The van der Waals surface area contributed by atoms with Gasteiger partial charge in [-0.1, -0.05) is 32.6 Å². The second kappa shape index (κ2) is 9.45. The first-order valence-electron chi connectivity index (χ1n) is 9.13. The smallest absolute Gasteiger partial charge is 0.313 e. The molecule has 2 atom stereocenters. The molecule has 1 aliphatic rings. The number of hydrogen-bond acceptors (Lipinski definition) is 4. The van der Waals surface area contributed by atoms with Gasteiger partial charge in [0.05, 0.1) is 6.61 Å². The van der Waals surface area contributed by atoms with Gasteiger partial charge in [0.15, 0.2) is 5.78 Å². The first-order valence-corrected chi connectivity index (χ1v) is 9.13. The van der Waals surface area contributed by atoms with Gasteiger partial charge < -0.3 is 10.1 Å². The van der Waals surface area contributed by atoms with E-state index in [0.29, 0.717) is 12.2 Å². The summed E-state index contributed by atoms with van der Waals surface area (Å²) in [4.78, 5) is 23.3. The van der Waals surface area contributed by atoms with E-state index in [-0.39, 0.29) is 12.2 Å². The summed E-state index contributed by atoms with van der Waals surface area (Å²) >= 11 is 0. The normalized spacial score (nSPS) is 20.4. The quantitative estimate of drug-likeness (QED) is 0.434. The third-order valence-corrected chi connectivity index (χ3v) is 4.95. The van der Waals surface area contributed by atoms with E-state index in [9.17, 15) is 9.59 Å². The van der Waals surface area contributed by atoms with Crippen molar-refractivity contribution in [3.8, 4) is 0 Å². The maximum Gasteiger partial charge on any atom is 0.313 e. The van der Waals surface area contributed by atoms with Crippen LogP contribution in [0.2, 0.25) is 0 Å². The van der Waals surface area contributed by atoms with Crippen LogP contribution >= 0.6 is 0 Å². The zero-order valence-corrected chi connectivity index (χ0v) is 14.8. The fourth-order valence-electron chi connectivity index (χ4n) is 3.44. The van der Waals surface area contributed by atoms with E-state index in [1.807, 2.05) is 12.1 Å². The highest BCUT2D eigenvalue weighted by Crippen LogP contribution is 2.31. The second-order valence-corrected chi connectivity index (χ2v) is 6.72. The Morgan fingerprint density at radius 1 is 1.17 bits per heavy atom. The van der Waals surface area contributed by atoms with E-state index >= 15 is 0 Å². The topological polar surface area (TPSA) is 55.4 Å². The average Bonchev–Trinajstić information content (AvgIpc) is 2.57. The first-order chi connectivity index (χ1) is 11.6. The van der Waals surface area contributed by atoms with Crippen LogP contribution in [0.25, 0.3) is 0 Å². The monoisotopic (exact) mass is 331 g/mol. The van der Waals surface area contributed by atoms with Crippen molar-refractivity contribution in [2.45, 2.75) is 52.4 Å². The Morgan fingerprint density at radius 3 is 2.54 bits per heavy atom. The highest BCUT2D eigenvalue weighted by molar-refractivity contribution is 6.06. The van der Waals surface area contributed by atoms with E-state index in [1.165, 1.54) is 32.1 Å². The number of esters is 1. The molecule has 0 spiro atoms. The number of ketones is 1. The fraction of sp³-hybridized carbons (Fsp3) is 0.600. The summed E-state index contributed by atoms with van der Waals surface area (Å²) in [5.41, 5.74) is 1.57. The Morgan fingerprint density at radius 2 is 1.88 bits per heavy atom. The summed E-state index contributed by atoms with van der Waals surface area (Å²) in [7, 11) is 0. The van der Waals surface area contributed by atoms with Crippen LogP contribution in [-0.2, 0) is 9.53 Å². The van der Waals surface area contributed by atoms with Crippen molar-refractivity contribution in [3.63, 3.8) is 0 Å². The molecule has 0 saturated heterocycles. The molecule has 0 aliphatic heterocycles. The maximum atomic E-state index is 12.0. The van der Waals surface area contributed by atoms with Crippen molar-refractivity contribution in [2.75, 3.05) is 18.5 Å². The minimum absolute atomic E-state index is 0.194. The van der Waals surface area contributed by atoms with E-state index in [4.69, 9.17) is 4.74 Å². The SMILES string of the molecule is CCOC(=O)CC(=O)c1ccc(NCCC2CCCCC2C)cc1. The molecule has 1 N–H and O–H groups in total. The van der Waals surface area contributed by atoms with Crippen molar-refractivity contribution in [1.29, 1.82) is 0 Å². The summed E-state index contributed by atoms with van der Waals surface area (Å²) in [5.74, 6) is 1.00. The predicted molar refractivity (Wildman–Crippen MR) is 96.3 cm³/mol. The molecular weight excluding hydrogens is 302 g/mol. The molecule has 4 heteroatoms. The zero-order chi connectivity index (χ0) is 17.4. The number of benzene rings is 1. The Balaban J connectivity index is 1.77. The zero-order valence-electron chi connectivity index (χ0n) is 14.8. The van der Waals surface area contributed by atoms with Gasteiger partial charge in [0.1, 0.15) is 6.42 Å². The van der Waals surface area contributed by atoms with Gasteiger partial charge >= 0.3 is 5.97 Å². The molecule has 0 aromatic heterocycles. The number of hydrogen-bond donors (Lipinski definition) is 1. The lowest BCUT2D eigenvalue weighted by Crippen LogP contribution is -2.19. The van der Waals surface area contributed by atoms with Crippen LogP contribution in [0.1, 0.15) is 62.7 Å². The molecule has 0 radical (unpaired) electrons. The standard InChI is InChI=1S/C20H29NO3/c1-3-24-20(23)14-19(22)17-8-10-18(11-9-17)21-13-12-16-7-5-4-6-15(16)2/h8-11,15-16,21H,3-7,12-14H2,1-2H3. The summed E-state index contributed by atoms with van der Waals surface area (Å²) < 4.78 is 4.80. The summed E-state index contributed by atoms with van der Waals surface area (Å²) in [6.07, 6.45) is 6.47. The number of anilines is 1. The van der Waals surface area contributed by atoms with Crippen LogP contribution < -0.4 is 5.32 Å². The van der Waals surface area contributed by atoms with Gasteiger partial charge in [0.25, 0.3) is 0 Å². The number of rotatable bonds is 8. The number of carbonyl (C=O) groups excluding carboxylic acids is 2. The lowest BCUT2D eigenvalue weighted by molar-refractivity contribution is -0.141. The van der Waals surface area contributed by atoms with Crippen molar-refractivity contribution in [2.24, 2.45) is 11.8 Å². The van der Waals surface area contributed by atoms with Crippen LogP contribution in [-0.4, -0.2) is 24.9 Å². The van der Waals surface area contributed by atoms with Crippen LogP contribution in [0.5, 0.6) is 0 Å². The summed E-state index contributed by atoms with van der Waals surface area (Å²) in [6.45, 7) is 5.37.